The van der Waals surface area contributed by atoms with Crippen LogP contribution in [0.15, 0.2) is 54.6 Å². The Morgan fingerprint density at radius 2 is 1.53 bits per heavy atom. The third-order valence-corrected chi connectivity index (χ3v) is 7.09. The van der Waals surface area contributed by atoms with E-state index in [9.17, 15) is 14.4 Å². The molecule has 2 fully saturated rings. The summed E-state index contributed by atoms with van der Waals surface area (Å²) in [5.41, 5.74) is 2.95. The fraction of sp³-hybridized carbons (Fsp3) is 0.516. The summed E-state index contributed by atoms with van der Waals surface area (Å²) in [6.07, 6.45) is 10.9. The minimum absolute atomic E-state index is 0.0209. The maximum absolute atomic E-state index is 11.3. The summed E-state index contributed by atoms with van der Waals surface area (Å²) in [7, 11) is 1.62. The molecule has 1 saturated carbocycles. The van der Waals surface area contributed by atoms with E-state index in [1.165, 1.54) is 51.0 Å². The number of amides is 3. The van der Waals surface area contributed by atoms with Crippen LogP contribution in [0.5, 0.6) is 0 Å². The van der Waals surface area contributed by atoms with E-state index >= 15 is 0 Å². The number of anilines is 1. The van der Waals surface area contributed by atoms with E-state index in [4.69, 9.17) is 0 Å². The SMILES string of the molecule is C1CCCCC1.CC.CC(=O)NCC1Nc2ccccc2C2C1CCN2C=O.CNC(=O)c1ccccc1. The van der Waals surface area contributed by atoms with Gasteiger partial charge in [-0.3, -0.25) is 14.4 Å². The number of nitrogens with zero attached hydrogens (tertiary/aromatic N) is 1. The first-order valence-electron chi connectivity index (χ1n) is 14.1. The molecule has 2 aromatic carbocycles. The summed E-state index contributed by atoms with van der Waals surface area (Å²) >= 11 is 0. The van der Waals surface area contributed by atoms with Crippen LogP contribution in [0.1, 0.15) is 87.7 Å². The average Bonchev–Trinajstić information content (AvgIpc) is 3.43. The van der Waals surface area contributed by atoms with Crippen LogP contribution in [0.3, 0.4) is 0 Å². The van der Waals surface area contributed by atoms with Gasteiger partial charge in [-0.05, 0) is 30.2 Å². The molecule has 3 amide bonds. The van der Waals surface area contributed by atoms with Gasteiger partial charge in [0, 0.05) is 50.3 Å². The third kappa shape index (κ3) is 9.19. The first-order valence-corrected chi connectivity index (χ1v) is 14.1. The van der Waals surface area contributed by atoms with Crippen LogP contribution in [0.25, 0.3) is 0 Å². The molecule has 1 saturated heterocycles. The molecular formula is C31H46N4O3. The number of likely N-dealkylation sites (tertiary alicyclic amines) is 1. The van der Waals surface area contributed by atoms with E-state index in [1.54, 1.807) is 19.2 Å². The lowest BCUT2D eigenvalue weighted by atomic mass is 9.83. The van der Waals surface area contributed by atoms with E-state index in [-0.39, 0.29) is 23.9 Å². The third-order valence-electron chi connectivity index (χ3n) is 7.09. The standard InChI is InChI=1S/C15H19N3O2.C8H9NO.C6H12.C2H6/c1-10(20)16-8-14-12-6-7-18(9-19)15(12)11-4-2-3-5-13(11)17-14;1-9-8(10)7-5-3-2-4-6-7;1-2-4-6-5-3-1;1-2/h2-5,9,12,14-15,17H,6-8H2,1H3,(H,16,20);2-6H,1H3,(H,9,10);1-6H2;1-2H3. The van der Waals surface area contributed by atoms with Crippen molar-refractivity contribution in [3.05, 3.63) is 65.7 Å². The first-order chi connectivity index (χ1) is 18.5. The molecule has 0 aromatic heterocycles. The van der Waals surface area contributed by atoms with Crippen molar-refractivity contribution in [2.45, 2.75) is 77.8 Å². The highest BCUT2D eigenvalue weighted by atomic mass is 16.2. The molecule has 3 unspecified atom stereocenters. The van der Waals surface area contributed by atoms with Gasteiger partial charge in [-0.15, -0.1) is 0 Å². The monoisotopic (exact) mass is 522 g/mol. The first kappa shape index (κ1) is 30.9. The zero-order valence-corrected chi connectivity index (χ0v) is 23.5. The highest BCUT2D eigenvalue weighted by molar-refractivity contribution is 5.93. The highest BCUT2D eigenvalue weighted by Crippen LogP contribution is 2.45. The molecule has 208 valence electrons. The number of para-hydroxylation sites is 1. The summed E-state index contributed by atoms with van der Waals surface area (Å²) in [4.78, 5) is 35.2. The van der Waals surface area contributed by atoms with Crippen LogP contribution in [-0.4, -0.2) is 49.3 Å². The van der Waals surface area contributed by atoms with E-state index in [2.05, 4.69) is 22.0 Å². The van der Waals surface area contributed by atoms with Gasteiger partial charge in [0.05, 0.1) is 6.04 Å². The molecule has 38 heavy (non-hydrogen) atoms. The number of hydrogen-bond donors (Lipinski definition) is 3. The topological polar surface area (TPSA) is 90.5 Å². The summed E-state index contributed by atoms with van der Waals surface area (Å²) in [5, 5.41) is 8.94. The van der Waals surface area contributed by atoms with Crippen LogP contribution >= 0.6 is 0 Å². The minimum atomic E-state index is -0.0411. The van der Waals surface area contributed by atoms with Crippen LogP contribution in [0.2, 0.25) is 0 Å². The van der Waals surface area contributed by atoms with Crippen molar-refractivity contribution in [1.82, 2.24) is 15.5 Å². The van der Waals surface area contributed by atoms with E-state index in [0.717, 1.165) is 25.1 Å². The summed E-state index contributed by atoms with van der Waals surface area (Å²) in [6, 6.07) is 17.5. The van der Waals surface area contributed by atoms with Gasteiger partial charge in [-0.2, -0.15) is 0 Å². The maximum atomic E-state index is 11.3. The number of carbonyl (C=O) groups excluding carboxylic acids is 3. The van der Waals surface area contributed by atoms with E-state index < -0.39 is 0 Å². The Labute approximate surface area is 228 Å². The number of nitrogens with one attached hydrogen (secondary N) is 3. The van der Waals surface area contributed by atoms with Gasteiger partial charge in [0.2, 0.25) is 12.3 Å². The molecular weight excluding hydrogens is 476 g/mol. The lowest BCUT2D eigenvalue weighted by molar-refractivity contribution is -0.120. The van der Waals surface area contributed by atoms with Gasteiger partial charge in [-0.1, -0.05) is 88.8 Å². The Hall–Kier alpha value is -3.35. The molecule has 0 radical (unpaired) electrons. The van der Waals surface area contributed by atoms with Crippen molar-refractivity contribution in [3.63, 3.8) is 0 Å². The predicted octanol–water partition coefficient (Wildman–Crippen LogP) is 5.55. The molecule has 7 nitrogen and oxygen atoms in total. The molecule has 2 heterocycles. The zero-order chi connectivity index (χ0) is 27.8. The van der Waals surface area contributed by atoms with Crippen LogP contribution < -0.4 is 16.0 Å². The quantitative estimate of drug-likeness (QED) is 0.459. The zero-order valence-electron chi connectivity index (χ0n) is 23.5. The predicted molar refractivity (Wildman–Crippen MR) is 155 cm³/mol. The van der Waals surface area contributed by atoms with Gasteiger partial charge >= 0.3 is 0 Å². The fourth-order valence-corrected chi connectivity index (χ4v) is 5.23. The van der Waals surface area contributed by atoms with Crippen LogP contribution in [0, 0.1) is 5.92 Å². The van der Waals surface area contributed by atoms with Gasteiger partial charge in [0.25, 0.3) is 5.91 Å². The second kappa shape index (κ2) is 17.2. The molecule has 0 bridgehead atoms. The second-order valence-corrected chi connectivity index (χ2v) is 9.58. The Balaban J connectivity index is 0.000000233. The molecule has 5 rings (SSSR count). The molecule has 2 aromatic rings. The van der Waals surface area contributed by atoms with Crippen LogP contribution in [0.4, 0.5) is 5.69 Å². The Morgan fingerprint density at radius 3 is 2.08 bits per heavy atom. The molecule has 3 N–H and O–H groups in total. The number of fused-ring (bicyclic) bond motifs is 3. The summed E-state index contributed by atoms with van der Waals surface area (Å²) in [5.74, 6) is 0.287. The molecule has 0 spiro atoms. The van der Waals surface area contributed by atoms with Crippen LogP contribution in [-0.2, 0) is 9.59 Å². The van der Waals surface area contributed by atoms with Crippen molar-refractivity contribution in [2.75, 3.05) is 25.5 Å². The summed E-state index contributed by atoms with van der Waals surface area (Å²) < 4.78 is 0. The van der Waals surface area contributed by atoms with Gasteiger partial charge in [-0.25, -0.2) is 0 Å². The fourth-order valence-electron chi connectivity index (χ4n) is 5.23. The van der Waals surface area contributed by atoms with Gasteiger partial charge in [0.1, 0.15) is 0 Å². The Bertz CT molecular complexity index is 967. The lowest BCUT2D eigenvalue weighted by Crippen LogP contribution is -2.45. The van der Waals surface area contributed by atoms with Crippen molar-refractivity contribution < 1.29 is 14.4 Å². The maximum Gasteiger partial charge on any atom is 0.251 e. The van der Waals surface area contributed by atoms with Crippen molar-refractivity contribution in [3.8, 4) is 0 Å². The molecule has 1 aliphatic carbocycles. The lowest BCUT2D eigenvalue weighted by Gasteiger charge is -2.38. The number of rotatable bonds is 4. The van der Waals surface area contributed by atoms with Crippen molar-refractivity contribution >= 4 is 23.9 Å². The van der Waals surface area contributed by atoms with Crippen molar-refractivity contribution in [1.29, 1.82) is 0 Å². The Morgan fingerprint density at radius 1 is 0.947 bits per heavy atom. The second-order valence-electron chi connectivity index (χ2n) is 9.58. The smallest absolute Gasteiger partial charge is 0.251 e. The van der Waals surface area contributed by atoms with Crippen molar-refractivity contribution in [2.24, 2.45) is 5.92 Å². The molecule has 2 aliphatic heterocycles. The van der Waals surface area contributed by atoms with E-state index in [0.29, 0.717) is 18.0 Å². The Kier molecular flexibility index (Phi) is 14.0. The molecule has 3 aliphatic rings. The highest BCUT2D eigenvalue weighted by Gasteiger charge is 2.43. The summed E-state index contributed by atoms with van der Waals surface area (Å²) in [6.45, 7) is 6.91. The minimum Gasteiger partial charge on any atom is -0.380 e. The van der Waals surface area contributed by atoms with Gasteiger partial charge < -0.3 is 20.9 Å². The number of benzene rings is 2. The molecule has 7 heteroatoms. The molecule has 3 atom stereocenters. The van der Waals surface area contributed by atoms with Gasteiger partial charge in [0.15, 0.2) is 0 Å². The largest absolute Gasteiger partial charge is 0.380 e. The van der Waals surface area contributed by atoms with E-state index in [1.807, 2.05) is 55.1 Å². The number of carbonyl (C=O) groups is 3. The normalized spacial score (nSPS) is 20.6. The number of hydrogen-bond acceptors (Lipinski definition) is 4. The average molecular weight is 523 g/mol.